The topological polar surface area (TPSA) is 62.4 Å². The molecule has 8 heteroatoms. The van der Waals surface area contributed by atoms with E-state index >= 15 is 0 Å². The van der Waals surface area contributed by atoms with Gasteiger partial charge in [0.15, 0.2) is 5.11 Å². The van der Waals surface area contributed by atoms with Gasteiger partial charge in [-0.25, -0.2) is 0 Å². The van der Waals surface area contributed by atoms with Gasteiger partial charge in [-0.2, -0.15) is 0 Å². The van der Waals surface area contributed by atoms with Crippen LogP contribution in [-0.2, 0) is 0 Å². The number of halogens is 2. The molecule has 0 bridgehead atoms. The van der Waals surface area contributed by atoms with Gasteiger partial charge in [0.25, 0.3) is 5.91 Å². The highest BCUT2D eigenvalue weighted by Gasteiger charge is 2.11. The largest absolute Gasteiger partial charge is 0.496 e. The first-order valence-electron chi connectivity index (χ1n) is 6.46. The first-order valence-corrected chi connectivity index (χ1v) is 7.63. The van der Waals surface area contributed by atoms with Crippen LogP contribution in [0.15, 0.2) is 42.5 Å². The minimum atomic E-state index is -0.385. The van der Waals surface area contributed by atoms with Gasteiger partial charge in [0.2, 0.25) is 0 Å². The van der Waals surface area contributed by atoms with Crippen molar-refractivity contribution < 1.29 is 9.53 Å². The van der Waals surface area contributed by atoms with E-state index in [0.717, 1.165) is 0 Å². The average Bonchev–Trinajstić information content (AvgIpc) is 2.56. The number of methoxy groups -OCH3 is 1. The molecule has 0 heterocycles. The van der Waals surface area contributed by atoms with Crippen molar-refractivity contribution in [2.45, 2.75) is 0 Å². The maximum atomic E-state index is 12.1. The van der Waals surface area contributed by atoms with Crippen molar-refractivity contribution in [3.05, 3.63) is 58.1 Å². The molecule has 120 valence electrons. The van der Waals surface area contributed by atoms with Gasteiger partial charge in [-0.05, 0) is 42.5 Å². The Labute approximate surface area is 148 Å². The van der Waals surface area contributed by atoms with Crippen molar-refractivity contribution in [1.82, 2.24) is 10.9 Å². The smallest absolute Gasteiger partial charge is 0.273 e. The zero-order chi connectivity index (χ0) is 16.8. The second-order valence-electron chi connectivity index (χ2n) is 4.36. The lowest BCUT2D eigenvalue weighted by Crippen LogP contribution is -2.43. The van der Waals surface area contributed by atoms with E-state index in [1.807, 2.05) is 0 Å². The quantitative estimate of drug-likeness (QED) is 0.569. The Morgan fingerprint density at radius 1 is 1.13 bits per heavy atom. The number of hydrogen-bond acceptors (Lipinski definition) is 3. The molecule has 0 spiro atoms. The fourth-order valence-corrected chi connectivity index (χ4v) is 2.26. The minimum absolute atomic E-state index is 0.164. The van der Waals surface area contributed by atoms with Gasteiger partial charge in [-0.15, -0.1) is 0 Å². The monoisotopic (exact) mass is 369 g/mol. The normalized spacial score (nSPS) is 9.87. The van der Waals surface area contributed by atoms with Gasteiger partial charge in [0, 0.05) is 5.02 Å². The van der Waals surface area contributed by atoms with E-state index in [4.69, 9.17) is 40.2 Å². The fraction of sp³-hybridized carbons (Fsp3) is 0.0667. The highest BCUT2D eigenvalue weighted by atomic mass is 35.5. The lowest BCUT2D eigenvalue weighted by atomic mass is 10.2. The van der Waals surface area contributed by atoms with Crippen LogP contribution in [0.25, 0.3) is 0 Å². The van der Waals surface area contributed by atoms with Crippen LogP contribution in [0.5, 0.6) is 5.75 Å². The molecule has 5 nitrogen and oxygen atoms in total. The SMILES string of the molecule is COc1ccccc1C(=O)NNC(=S)Nc1cc(Cl)ccc1Cl. The Kier molecular flexibility index (Phi) is 6.04. The molecular weight excluding hydrogens is 357 g/mol. The number of ether oxygens (including phenoxy) is 1. The summed E-state index contributed by atoms with van der Waals surface area (Å²) in [5.74, 6) is 0.0763. The van der Waals surface area contributed by atoms with Crippen LogP contribution in [0.3, 0.4) is 0 Å². The zero-order valence-electron chi connectivity index (χ0n) is 12.0. The Balaban J connectivity index is 1.96. The van der Waals surface area contributed by atoms with E-state index in [1.165, 1.54) is 7.11 Å². The van der Waals surface area contributed by atoms with E-state index in [9.17, 15) is 4.79 Å². The molecule has 0 aliphatic rings. The molecule has 0 saturated heterocycles. The third-order valence-corrected chi connectivity index (χ3v) is 3.59. The number of para-hydroxylation sites is 1. The van der Waals surface area contributed by atoms with Gasteiger partial charge in [-0.1, -0.05) is 35.3 Å². The van der Waals surface area contributed by atoms with Gasteiger partial charge >= 0.3 is 0 Å². The highest BCUT2D eigenvalue weighted by Crippen LogP contribution is 2.25. The molecule has 0 aliphatic heterocycles. The molecular formula is C15H13Cl2N3O2S. The fourth-order valence-electron chi connectivity index (χ4n) is 1.76. The van der Waals surface area contributed by atoms with E-state index in [2.05, 4.69) is 16.2 Å². The maximum Gasteiger partial charge on any atom is 0.273 e. The average molecular weight is 370 g/mol. The summed E-state index contributed by atoms with van der Waals surface area (Å²) in [6, 6.07) is 11.8. The van der Waals surface area contributed by atoms with Crippen molar-refractivity contribution in [1.29, 1.82) is 0 Å². The second-order valence-corrected chi connectivity index (χ2v) is 5.61. The summed E-state index contributed by atoms with van der Waals surface area (Å²) >= 11 is 17.0. The molecule has 2 aromatic rings. The molecule has 0 radical (unpaired) electrons. The van der Waals surface area contributed by atoms with Gasteiger partial charge < -0.3 is 10.1 Å². The summed E-state index contributed by atoms with van der Waals surface area (Å²) in [7, 11) is 1.49. The van der Waals surface area contributed by atoms with Crippen LogP contribution in [-0.4, -0.2) is 18.1 Å². The van der Waals surface area contributed by atoms with Gasteiger partial charge in [0.1, 0.15) is 5.75 Å². The summed E-state index contributed by atoms with van der Waals surface area (Å²) in [5.41, 5.74) is 5.98. The number of hydrazine groups is 1. The number of anilines is 1. The number of carbonyl (C=O) groups excluding carboxylic acids is 1. The molecule has 0 aliphatic carbocycles. The third-order valence-electron chi connectivity index (χ3n) is 2.82. The Hall–Kier alpha value is -2.02. The molecule has 1 amide bonds. The van der Waals surface area contributed by atoms with Crippen LogP contribution < -0.4 is 20.9 Å². The van der Waals surface area contributed by atoms with Crippen molar-refractivity contribution in [3.63, 3.8) is 0 Å². The van der Waals surface area contributed by atoms with Gasteiger partial charge in [0.05, 0.1) is 23.4 Å². The van der Waals surface area contributed by atoms with E-state index in [-0.39, 0.29) is 11.0 Å². The van der Waals surface area contributed by atoms with Crippen LogP contribution in [0.2, 0.25) is 10.0 Å². The van der Waals surface area contributed by atoms with Crippen molar-refractivity contribution in [2.24, 2.45) is 0 Å². The first kappa shape index (κ1) is 17.3. The summed E-state index contributed by atoms with van der Waals surface area (Å²) in [6.45, 7) is 0. The number of thiocarbonyl (C=S) groups is 1. The zero-order valence-corrected chi connectivity index (χ0v) is 14.4. The Bertz CT molecular complexity index is 740. The molecule has 23 heavy (non-hydrogen) atoms. The number of hydrogen-bond donors (Lipinski definition) is 3. The lowest BCUT2D eigenvalue weighted by Gasteiger charge is -2.13. The van der Waals surface area contributed by atoms with Crippen molar-refractivity contribution >= 4 is 52.1 Å². The standard InChI is InChI=1S/C15H13Cl2N3O2S/c1-22-13-5-3-2-4-10(13)14(21)19-20-15(23)18-12-8-9(16)6-7-11(12)17/h2-8H,1H3,(H,19,21)(H2,18,20,23). The number of amides is 1. The van der Waals surface area contributed by atoms with E-state index < -0.39 is 0 Å². The van der Waals surface area contributed by atoms with Crippen LogP contribution >= 0.6 is 35.4 Å². The predicted molar refractivity (Wildman–Crippen MR) is 96.3 cm³/mol. The molecule has 0 atom stereocenters. The molecule has 0 saturated carbocycles. The Morgan fingerprint density at radius 3 is 2.61 bits per heavy atom. The molecule has 0 aromatic heterocycles. The number of nitrogens with one attached hydrogen (secondary N) is 3. The molecule has 3 N–H and O–H groups in total. The van der Waals surface area contributed by atoms with Crippen molar-refractivity contribution in [3.8, 4) is 5.75 Å². The summed E-state index contributed by atoms with van der Waals surface area (Å²) in [5, 5.41) is 3.97. The van der Waals surface area contributed by atoms with Gasteiger partial charge in [-0.3, -0.25) is 15.6 Å². The Morgan fingerprint density at radius 2 is 1.87 bits per heavy atom. The molecule has 2 rings (SSSR count). The van der Waals surface area contributed by atoms with Crippen LogP contribution in [0, 0.1) is 0 Å². The third kappa shape index (κ3) is 4.72. The van der Waals surface area contributed by atoms with Crippen molar-refractivity contribution in [2.75, 3.05) is 12.4 Å². The minimum Gasteiger partial charge on any atom is -0.496 e. The highest BCUT2D eigenvalue weighted by molar-refractivity contribution is 7.80. The second kappa shape index (κ2) is 8.01. The van der Waals surface area contributed by atoms with Crippen LogP contribution in [0.4, 0.5) is 5.69 Å². The summed E-state index contributed by atoms with van der Waals surface area (Å²) < 4.78 is 5.13. The number of rotatable bonds is 3. The predicted octanol–water partition coefficient (Wildman–Crippen LogP) is 3.63. The molecule has 2 aromatic carbocycles. The first-order chi connectivity index (χ1) is 11.0. The summed E-state index contributed by atoms with van der Waals surface area (Å²) in [6.07, 6.45) is 0. The van der Waals surface area contributed by atoms with E-state index in [0.29, 0.717) is 27.0 Å². The molecule has 0 unspecified atom stereocenters. The van der Waals surface area contributed by atoms with Crippen LogP contribution in [0.1, 0.15) is 10.4 Å². The number of carbonyl (C=O) groups is 1. The maximum absolute atomic E-state index is 12.1. The summed E-state index contributed by atoms with van der Waals surface area (Å²) in [4.78, 5) is 12.1. The lowest BCUT2D eigenvalue weighted by molar-refractivity contribution is 0.0941. The number of benzene rings is 2. The van der Waals surface area contributed by atoms with E-state index in [1.54, 1.807) is 42.5 Å². The molecule has 0 fully saturated rings.